The Kier molecular flexibility index (Phi) is 21.8. The Morgan fingerprint density at radius 1 is 0.516 bits per heavy atom. The lowest BCUT2D eigenvalue weighted by Crippen LogP contribution is -2.28. The zero-order valence-electron chi connectivity index (χ0n) is 22.9. The Labute approximate surface area is 200 Å². The summed E-state index contributed by atoms with van der Waals surface area (Å²) in [6, 6.07) is 0. The molecule has 0 amide bonds. The molecular weight excluding hydrogens is 372 g/mol. The zero-order chi connectivity index (χ0) is 23.2. The third-order valence-corrected chi connectivity index (χ3v) is 8.05. The highest BCUT2D eigenvalue weighted by atomic mass is 14.4. The maximum atomic E-state index is 4.15. The third kappa shape index (κ3) is 16.3. The molecule has 2 atom stereocenters. The molecule has 0 spiro atoms. The van der Waals surface area contributed by atoms with Crippen molar-refractivity contribution in [2.24, 2.45) is 17.3 Å². The van der Waals surface area contributed by atoms with Gasteiger partial charge in [0.05, 0.1) is 0 Å². The van der Waals surface area contributed by atoms with E-state index in [0.29, 0.717) is 5.41 Å². The van der Waals surface area contributed by atoms with Gasteiger partial charge in [0.2, 0.25) is 0 Å². The van der Waals surface area contributed by atoms with E-state index < -0.39 is 0 Å². The van der Waals surface area contributed by atoms with Crippen molar-refractivity contribution in [3.63, 3.8) is 0 Å². The second-order valence-electron chi connectivity index (χ2n) is 10.9. The van der Waals surface area contributed by atoms with Crippen molar-refractivity contribution in [2.45, 2.75) is 176 Å². The van der Waals surface area contributed by atoms with Crippen molar-refractivity contribution >= 4 is 0 Å². The van der Waals surface area contributed by atoms with E-state index in [-0.39, 0.29) is 0 Å². The fourth-order valence-electron chi connectivity index (χ4n) is 5.86. The maximum absolute atomic E-state index is 4.15. The fourth-order valence-corrected chi connectivity index (χ4v) is 5.86. The zero-order valence-corrected chi connectivity index (χ0v) is 22.9. The van der Waals surface area contributed by atoms with Crippen LogP contribution >= 0.6 is 0 Å². The van der Waals surface area contributed by atoms with Gasteiger partial charge in [-0.05, 0) is 42.9 Å². The molecule has 187 valence electrons. The first-order valence-corrected chi connectivity index (χ1v) is 14.9. The largest absolute Gasteiger partial charge is 0.0654 e. The molecule has 0 aromatic carbocycles. The van der Waals surface area contributed by atoms with Crippen molar-refractivity contribution in [2.75, 3.05) is 0 Å². The Bertz CT molecular complexity index is 326. The molecule has 1 radical (unpaired) electrons. The number of unbranched alkanes of at least 4 members (excludes halogenated alkanes) is 10. The molecule has 0 nitrogen and oxygen atoms in total. The van der Waals surface area contributed by atoms with Crippen LogP contribution in [0.5, 0.6) is 0 Å². The molecule has 0 rings (SSSR count). The topological polar surface area (TPSA) is 0 Å². The van der Waals surface area contributed by atoms with Crippen LogP contribution in [0.15, 0.2) is 0 Å². The molecule has 0 aliphatic heterocycles. The van der Waals surface area contributed by atoms with Crippen LogP contribution in [0.4, 0.5) is 0 Å². The molecule has 0 saturated carbocycles. The molecule has 0 bridgehead atoms. The summed E-state index contributed by atoms with van der Waals surface area (Å²) in [5.74, 6) is 1.90. The molecule has 0 heteroatoms. The highest BCUT2D eigenvalue weighted by molar-refractivity contribution is 4.85. The highest BCUT2D eigenvalue weighted by Gasteiger charge is 2.33. The fraction of sp³-hybridized carbons (Fsp3) is 0.968. The van der Waals surface area contributed by atoms with E-state index in [9.17, 15) is 0 Å². The highest BCUT2D eigenvalue weighted by Crippen LogP contribution is 2.46. The summed E-state index contributed by atoms with van der Waals surface area (Å²) >= 11 is 0. The van der Waals surface area contributed by atoms with E-state index in [0.717, 1.165) is 18.3 Å². The molecule has 0 aromatic rings. The monoisotopic (exact) mass is 435 g/mol. The van der Waals surface area contributed by atoms with Crippen LogP contribution < -0.4 is 0 Å². The molecule has 0 aliphatic carbocycles. The Morgan fingerprint density at radius 3 is 1.35 bits per heavy atom. The van der Waals surface area contributed by atoms with E-state index in [2.05, 4.69) is 41.5 Å². The van der Waals surface area contributed by atoms with E-state index >= 15 is 0 Å². The number of rotatable bonds is 24. The molecule has 0 saturated heterocycles. The molecule has 0 aromatic heterocycles. The summed E-state index contributed by atoms with van der Waals surface area (Å²) in [7, 11) is 0. The number of hydrogen-bond acceptors (Lipinski definition) is 0. The van der Waals surface area contributed by atoms with Crippen molar-refractivity contribution < 1.29 is 0 Å². The summed E-state index contributed by atoms with van der Waals surface area (Å²) in [6.45, 7) is 16.1. The lowest BCUT2D eigenvalue weighted by Gasteiger charge is -2.40. The molecular formula is C31H63. The van der Waals surface area contributed by atoms with Gasteiger partial charge in [0.1, 0.15) is 0 Å². The Balaban J connectivity index is 5.23. The van der Waals surface area contributed by atoms with Crippen molar-refractivity contribution in [3.8, 4) is 0 Å². The second kappa shape index (κ2) is 21.8. The van der Waals surface area contributed by atoms with E-state index in [1.807, 2.05) is 0 Å². The van der Waals surface area contributed by atoms with Crippen molar-refractivity contribution in [1.82, 2.24) is 0 Å². The first-order chi connectivity index (χ1) is 15.1. The van der Waals surface area contributed by atoms with Crippen molar-refractivity contribution in [3.05, 3.63) is 6.92 Å². The van der Waals surface area contributed by atoms with Gasteiger partial charge in [-0.25, -0.2) is 0 Å². The van der Waals surface area contributed by atoms with Crippen LogP contribution in [0.25, 0.3) is 0 Å². The summed E-state index contributed by atoms with van der Waals surface area (Å²) in [6.07, 6.45) is 31.3. The van der Waals surface area contributed by atoms with Gasteiger partial charge in [0, 0.05) is 0 Å². The normalized spacial score (nSPS) is 15.7. The predicted octanol–water partition coefficient (Wildman–Crippen LogP) is 11.7. The van der Waals surface area contributed by atoms with Gasteiger partial charge < -0.3 is 0 Å². The Hall–Kier alpha value is 0. The second-order valence-corrected chi connectivity index (χ2v) is 10.9. The van der Waals surface area contributed by atoms with E-state index in [4.69, 9.17) is 0 Å². The lowest BCUT2D eigenvalue weighted by atomic mass is 9.65. The molecule has 0 N–H and O–H groups in total. The van der Waals surface area contributed by atoms with Gasteiger partial charge in [0.15, 0.2) is 0 Å². The minimum absolute atomic E-state index is 0.613. The average Bonchev–Trinajstić information content (AvgIpc) is 2.78. The first kappa shape index (κ1) is 31.0. The first-order valence-electron chi connectivity index (χ1n) is 14.9. The van der Waals surface area contributed by atoms with Crippen molar-refractivity contribution in [1.29, 1.82) is 0 Å². The SMILES string of the molecule is [CH2]CCCCC(CCCCCCCCC)(CC(CC)CCCC)CC(CC)CCCC. The minimum atomic E-state index is 0.613. The van der Waals surface area contributed by atoms with Crippen LogP contribution in [0.1, 0.15) is 176 Å². The van der Waals surface area contributed by atoms with Gasteiger partial charge in [0.25, 0.3) is 0 Å². The molecule has 2 unspecified atom stereocenters. The van der Waals surface area contributed by atoms with Gasteiger partial charge in [-0.15, -0.1) is 0 Å². The molecule has 31 heavy (non-hydrogen) atoms. The summed E-state index contributed by atoms with van der Waals surface area (Å²) in [5, 5.41) is 0. The molecule has 0 aliphatic rings. The predicted molar refractivity (Wildman–Crippen MR) is 145 cm³/mol. The van der Waals surface area contributed by atoms with Gasteiger partial charge in [-0.3, -0.25) is 0 Å². The minimum Gasteiger partial charge on any atom is -0.0654 e. The number of hydrogen-bond donors (Lipinski definition) is 0. The summed E-state index contributed by atoms with van der Waals surface area (Å²) < 4.78 is 0. The van der Waals surface area contributed by atoms with Crippen LogP contribution in [-0.4, -0.2) is 0 Å². The molecule has 0 heterocycles. The van der Waals surface area contributed by atoms with Gasteiger partial charge in [-0.2, -0.15) is 0 Å². The van der Waals surface area contributed by atoms with E-state index in [1.54, 1.807) is 0 Å². The quantitative estimate of drug-likeness (QED) is 0.132. The standard InChI is InChI=1S/C31H63/c1-7-13-17-18-19-20-22-26-31(25-21-14-8-2,27-29(11-5)23-15-9-3)28-30(12-6)24-16-10-4/h29-30H,2,7-28H2,1,3-6H3. The van der Waals surface area contributed by atoms with Gasteiger partial charge in [-0.1, -0.05) is 157 Å². The summed E-state index contributed by atoms with van der Waals surface area (Å²) in [4.78, 5) is 0. The van der Waals surface area contributed by atoms with Crippen LogP contribution in [-0.2, 0) is 0 Å². The van der Waals surface area contributed by atoms with Crippen LogP contribution in [0.2, 0.25) is 0 Å². The smallest absolute Gasteiger partial charge is 0.0292 e. The maximum Gasteiger partial charge on any atom is -0.0292 e. The lowest BCUT2D eigenvalue weighted by molar-refractivity contribution is 0.113. The summed E-state index contributed by atoms with van der Waals surface area (Å²) in [5.41, 5.74) is 0.613. The Morgan fingerprint density at radius 2 is 0.935 bits per heavy atom. The van der Waals surface area contributed by atoms with Crippen LogP contribution in [0.3, 0.4) is 0 Å². The third-order valence-electron chi connectivity index (χ3n) is 8.05. The van der Waals surface area contributed by atoms with Gasteiger partial charge >= 0.3 is 0 Å². The van der Waals surface area contributed by atoms with Crippen LogP contribution in [0, 0.1) is 24.2 Å². The van der Waals surface area contributed by atoms with E-state index in [1.165, 1.54) is 135 Å². The molecule has 0 fully saturated rings. The average molecular weight is 436 g/mol.